The van der Waals surface area contributed by atoms with E-state index in [9.17, 15) is 5.26 Å². The second-order valence-electron chi connectivity index (χ2n) is 9.58. The Morgan fingerprint density at radius 1 is 0.658 bits per heavy atom. The Morgan fingerprint density at radius 2 is 1.16 bits per heavy atom. The SMILES string of the molecule is N#Cc1c(N=P(c2ccccc2)(c2ccccc2)c2ccccc2)nc2ccccc2c1N1CCCCC1. The number of nitrogens with zero attached hydrogens (tertiary/aromatic N) is 4. The fourth-order valence-corrected chi connectivity index (χ4v) is 8.98. The van der Waals surface area contributed by atoms with Crippen LogP contribution in [0.4, 0.5) is 11.5 Å². The first-order valence-electron chi connectivity index (χ1n) is 13.2. The van der Waals surface area contributed by atoms with E-state index in [1.54, 1.807) is 0 Å². The van der Waals surface area contributed by atoms with Crippen molar-refractivity contribution < 1.29 is 0 Å². The summed E-state index contributed by atoms with van der Waals surface area (Å²) in [6.45, 7) is 1.89. The smallest absolute Gasteiger partial charge is 0.172 e. The van der Waals surface area contributed by atoms with Crippen LogP contribution in [0.2, 0.25) is 0 Å². The number of para-hydroxylation sites is 1. The van der Waals surface area contributed by atoms with Gasteiger partial charge in [-0.3, -0.25) is 0 Å². The van der Waals surface area contributed by atoms with E-state index >= 15 is 0 Å². The summed E-state index contributed by atoms with van der Waals surface area (Å²) in [5, 5.41) is 15.1. The largest absolute Gasteiger partial charge is 0.370 e. The monoisotopic (exact) mass is 512 g/mol. The van der Waals surface area contributed by atoms with Gasteiger partial charge in [-0.2, -0.15) is 5.26 Å². The van der Waals surface area contributed by atoms with Crippen molar-refractivity contribution in [2.24, 2.45) is 4.74 Å². The van der Waals surface area contributed by atoms with Crippen molar-refractivity contribution in [3.8, 4) is 6.07 Å². The van der Waals surface area contributed by atoms with Crippen molar-refractivity contribution in [1.82, 2.24) is 4.98 Å². The Kier molecular flexibility index (Phi) is 6.78. The molecule has 1 fully saturated rings. The summed E-state index contributed by atoms with van der Waals surface area (Å²) >= 11 is 0. The van der Waals surface area contributed by atoms with Crippen molar-refractivity contribution in [3.05, 3.63) is 121 Å². The molecular formula is C33H29N4P. The third-order valence-electron chi connectivity index (χ3n) is 7.26. The summed E-state index contributed by atoms with van der Waals surface area (Å²) in [5.41, 5.74) is 2.42. The summed E-state index contributed by atoms with van der Waals surface area (Å²) in [6, 6.07) is 42.3. The second-order valence-corrected chi connectivity index (χ2v) is 12.6. The number of piperidine rings is 1. The third kappa shape index (κ3) is 4.30. The molecule has 0 N–H and O–H groups in total. The highest BCUT2D eigenvalue weighted by atomic mass is 31.2. The van der Waals surface area contributed by atoms with Crippen LogP contribution in [-0.4, -0.2) is 18.1 Å². The van der Waals surface area contributed by atoms with Gasteiger partial charge >= 0.3 is 0 Å². The third-order valence-corrected chi connectivity index (χ3v) is 10.9. The van der Waals surface area contributed by atoms with Crippen LogP contribution >= 0.6 is 7.05 Å². The summed E-state index contributed by atoms with van der Waals surface area (Å²) < 4.78 is 5.63. The van der Waals surface area contributed by atoms with E-state index in [0.717, 1.165) is 58.4 Å². The lowest BCUT2D eigenvalue weighted by molar-refractivity contribution is 0.578. The van der Waals surface area contributed by atoms with Gasteiger partial charge in [-0.1, -0.05) is 109 Å². The Bertz CT molecular complexity index is 1550. The van der Waals surface area contributed by atoms with E-state index in [-0.39, 0.29) is 0 Å². The van der Waals surface area contributed by atoms with Gasteiger partial charge in [0.2, 0.25) is 0 Å². The molecule has 0 amide bonds. The number of anilines is 1. The molecule has 6 rings (SSSR count). The number of pyridine rings is 1. The molecule has 4 nitrogen and oxygen atoms in total. The fraction of sp³-hybridized carbons (Fsp3) is 0.152. The molecule has 2 heterocycles. The molecule has 0 spiro atoms. The normalized spacial score (nSPS) is 13.7. The van der Waals surface area contributed by atoms with Gasteiger partial charge in [0.15, 0.2) is 5.82 Å². The first-order chi connectivity index (χ1) is 18.8. The van der Waals surface area contributed by atoms with Crippen LogP contribution in [-0.2, 0) is 0 Å². The highest BCUT2D eigenvalue weighted by Crippen LogP contribution is 2.50. The van der Waals surface area contributed by atoms with Gasteiger partial charge in [-0.05, 0) is 25.3 Å². The molecule has 1 saturated heterocycles. The van der Waals surface area contributed by atoms with E-state index in [0.29, 0.717) is 11.4 Å². The molecular weight excluding hydrogens is 483 g/mol. The summed E-state index contributed by atoms with van der Waals surface area (Å²) in [5.74, 6) is 0.525. The van der Waals surface area contributed by atoms with Gasteiger partial charge in [0.25, 0.3) is 0 Å². The molecule has 4 aromatic carbocycles. The maximum atomic E-state index is 10.6. The number of rotatable bonds is 5. The Hall–Kier alpha value is -4.19. The minimum Gasteiger partial charge on any atom is -0.370 e. The quantitative estimate of drug-likeness (QED) is 0.241. The average Bonchev–Trinajstić information content (AvgIpc) is 3.01. The average molecular weight is 513 g/mol. The predicted octanol–water partition coefficient (Wildman–Crippen LogP) is 6.91. The molecule has 186 valence electrons. The zero-order chi connectivity index (χ0) is 25.8. The van der Waals surface area contributed by atoms with Crippen LogP contribution in [0.1, 0.15) is 24.8 Å². The lowest BCUT2D eigenvalue weighted by atomic mass is 10.0. The molecule has 0 unspecified atom stereocenters. The zero-order valence-corrected chi connectivity index (χ0v) is 22.1. The van der Waals surface area contributed by atoms with E-state index in [2.05, 4.69) is 89.8 Å². The zero-order valence-electron chi connectivity index (χ0n) is 21.2. The standard InChI is InChI=1S/C33H29N4P/c34-25-30-32(37-23-13-4-14-24-37)29-21-11-12-22-31(29)35-33(30)36-38(26-15-5-1-6-16-26,27-17-7-2-8-18-27)28-19-9-3-10-20-28/h1-3,5-12,15-22H,4,13-14,23-24H2. The molecule has 0 saturated carbocycles. The molecule has 1 aromatic heterocycles. The number of aromatic nitrogens is 1. The van der Waals surface area contributed by atoms with Crippen molar-refractivity contribution >= 4 is 45.4 Å². The molecule has 5 aromatic rings. The van der Waals surface area contributed by atoms with Crippen LogP contribution in [0.5, 0.6) is 0 Å². The minimum atomic E-state index is -2.56. The lowest BCUT2D eigenvalue weighted by Crippen LogP contribution is -2.30. The van der Waals surface area contributed by atoms with Gasteiger partial charge in [-0.25, -0.2) is 9.73 Å². The molecule has 0 aliphatic carbocycles. The van der Waals surface area contributed by atoms with E-state index < -0.39 is 7.05 Å². The number of nitriles is 1. The molecule has 1 aliphatic heterocycles. The van der Waals surface area contributed by atoms with Gasteiger partial charge in [0.05, 0.1) is 18.3 Å². The Labute approximate surface area is 224 Å². The number of hydrogen-bond donors (Lipinski definition) is 0. The molecule has 38 heavy (non-hydrogen) atoms. The molecule has 1 aliphatic rings. The summed E-state index contributed by atoms with van der Waals surface area (Å²) in [7, 11) is -2.56. The van der Waals surface area contributed by atoms with Crippen LogP contribution in [0.3, 0.4) is 0 Å². The number of fused-ring (bicyclic) bond motifs is 1. The highest BCUT2D eigenvalue weighted by Gasteiger charge is 2.30. The van der Waals surface area contributed by atoms with Crippen LogP contribution in [0.15, 0.2) is 120 Å². The number of benzene rings is 4. The van der Waals surface area contributed by atoms with Gasteiger partial charge < -0.3 is 4.90 Å². The Morgan fingerprint density at radius 3 is 1.68 bits per heavy atom. The molecule has 0 bridgehead atoms. The maximum absolute atomic E-state index is 10.6. The van der Waals surface area contributed by atoms with Crippen molar-refractivity contribution in [2.75, 3.05) is 18.0 Å². The molecule has 0 radical (unpaired) electrons. The predicted molar refractivity (Wildman–Crippen MR) is 160 cm³/mol. The summed E-state index contributed by atoms with van der Waals surface area (Å²) in [4.78, 5) is 7.45. The van der Waals surface area contributed by atoms with E-state index in [1.165, 1.54) is 6.42 Å². The lowest BCUT2D eigenvalue weighted by Gasteiger charge is -2.31. The van der Waals surface area contributed by atoms with E-state index in [4.69, 9.17) is 9.73 Å². The minimum absolute atomic E-state index is 0.525. The fourth-order valence-electron chi connectivity index (χ4n) is 5.50. The summed E-state index contributed by atoms with van der Waals surface area (Å²) in [6.07, 6.45) is 3.48. The number of hydrogen-bond acceptors (Lipinski definition) is 4. The van der Waals surface area contributed by atoms with Crippen LogP contribution < -0.4 is 20.8 Å². The van der Waals surface area contributed by atoms with Gasteiger partial charge in [0.1, 0.15) is 11.6 Å². The first kappa shape index (κ1) is 24.2. The first-order valence-corrected chi connectivity index (χ1v) is 14.9. The maximum Gasteiger partial charge on any atom is 0.172 e. The van der Waals surface area contributed by atoms with Gasteiger partial charge in [-0.15, -0.1) is 0 Å². The van der Waals surface area contributed by atoms with E-state index in [1.807, 2.05) is 36.4 Å². The second kappa shape index (κ2) is 10.7. The Balaban J connectivity index is 1.76. The van der Waals surface area contributed by atoms with Crippen molar-refractivity contribution in [2.45, 2.75) is 19.3 Å². The van der Waals surface area contributed by atoms with Crippen LogP contribution in [0, 0.1) is 11.3 Å². The van der Waals surface area contributed by atoms with Gasteiger partial charge in [0, 0.05) is 34.4 Å². The molecule has 0 atom stereocenters. The van der Waals surface area contributed by atoms with Crippen LogP contribution in [0.25, 0.3) is 10.9 Å². The topological polar surface area (TPSA) is 52.3 Å². The van der Waals surface area contributed by atoms with Crippen molar-refractivity contribution in [3.63, 3.8) is 0 Å². The highest BCUT2D eigenvalue weighted by molar-refractivity contribution is 7.87. The molecule has 5 heteroatoms. The van der Waals surface area contributed by atoms with Crippen molar-refractivity contribution in [1.29, 1.82) is 5.26 Å².